The third-order valence-electron chi connectivity index (χ3n) is 2.95. The number of nitrogens with one attached hydrogen (secondary N) is 1. The summed E-state index contributed by atoms with van der Waals surface area (Å²) < 4.78 is 18.2. The van der Waals surface area contributed by atoms with Crippen LogP contribution < -0.4 is 10.1 Å². The zero-order chi connectivity index (χ0) is 16.8. The molecular formula is C16H13FN2O4. The van der Waals surface area contributed by atoms with Gasteiger partial charge >= 0.3 is 5.69 Å². The Kier molecular flexibility index (Phi) is 5.03. The van der Waals surface area contributed by atoms with Gasteiger partial charge in [0.05, 0.1) is 12.0 Å². The Labute approximate surface area is 131 Å². The first-order valence-corrected chi connectivity index (χ1v) is 6.56. The number of anilines is 1. The molecule has 0 atom stereocenters. The normalized spacial score (nSPS) is 10.5. The summed E-state index contributed by atoms with van der Waals surface area (Å²) >= 11 is 0. The molecule has 1 amide bonds. The average molecular weight is 316 g/mol. The molecule has 0 aliphatic carbocycles. The SMILES string of the molecule is COc1ccc(/C=C/C(=O)Nc2ccc(F)c([N+](=O)[O-])c2)cc1. The molecule has 0 radical (unpaired) electrons. The summed E-state index contributed by atoms with van der Waals surface area (Å²) in [5, 5.41) is 13.1. The number of nitro benzene ring substituents is 1. The number of hydrogen-bond acceptors (Lipinski definition) is 4. The Hall–Kier alpha value is -3.22. The van der Waals surface area contributed by atoms with Crippen LogP contribution in [0.25, 0.3) is 6.08 Å². The Bertz CT molecular complexity index is 757. The van der Waals surface area contributed by atoms with Crippen LogP contribution in [0.1, 0.15) is 5.56 Å². The molecule has 0 fully saturated rings. The van der Waals surface area contributed by atoms with Gasteiger partial charge in [-0.05, 0) is 35.9 Å². The van der Waals surface area contributed by atoms with Crippen LogP contribution in [0.3, 0.4) is 0 Å². The van der Waals surface area contributed by atoms with Crippen molar-refractivity contribution < 1.29 is 18.8 Å². The number of amides is 1. The van der Waals surface area contributed by atoms with E-state index in [0.717, 1.165) is 17.7 Å². The highest BCUT2D eigenvalue weighted by Crippen LogP contribution is 2.21. The smallest absolute Gasteiger partial charge is 0.306 e. The molecule has 0 aromatic heterocycles. The van der Waals surface area contributed by atoms with E-state index >= 15 is 0 Å². The highest BCUT2D eigenvalue weighted by Gasteiger charge is 2.14. The fourth-order valence-corrected chi connectivity index (χ4v) is 1.80. The molecule has 2 aromatic rings. The molecule has 0 saturated carbocycles. The molecule has 0 bridgehead atoms. The van der Waals surface area contributed by atoms with Gasteiger partial charge in [-0.2, -0.15) is 4.39 Å². The maximum atomic E-state index is 13.2. The van der Waals surface area contributed by atoms with E-state index in [4.69, 9.17) is 4.74 Å². The van der Waals surface area contributed by atoms with E-state index in [1.54, 1.807) is 37.5 Å². The summed E-state index contributed by atoms with van der Waals surface area (Å²) in [6.07, 6.45) is 2.85. The number of carbonyl (C=O) groups excluding carboxylic acids is 1. The van der Waals surface area contributed by atoms with Crippen LogP contribution in [0.2, 0.25) is 0 Å². The van der Waals surface area contributed by atoms with Crippen molar-refractivity contribution in [2.24, 2.45) is 0 Å². The van der Waals surface area contributed by atoms with Crippen molar-refractivity contribution in [1.29, 1.82) is 0 Å². The minimum absolute atomic E-state index is 0.141. The van der Waals surface area contributed by atoms with Crippen molar-refractivity contribution in [2.75, 3.05) is 12.4 Å². The highest BCUT2D eigenvalue weighted by atomic mass is 19.1. The van der Waals surface area contributed by atoms with E-state index in [0.29, 0.717) is 5.75 Å². The standard InChI is InChI=1S/C16H13FN2O4/c1-23-13-6-2-11(3-7-13)4-9-16(20)18-12-5-8-14(17)15(10-12)19(21)22/h2-10H,1H3,(H,18,20)/b9-4+. The van der Waals surface area contributed by atoms with Gasteiger partial charge in [0.2, 0.25) is 11.7 Å². The van der Waals surface area contributed by atoms with Gasteiger partial charge in [-0.25, -0.2) is 0 Å². The third kappa shape index (κ3) is 4.37. The molecule has 118 valence electrons. The Morgan fingerprint density at radius 1 is 1.26 bits per heavy atom. The van der Waals surface area contributed by atoms with Gasteiger partial charge in [0.1, 0.15) is 5.75 Å². The first-order valence-electron chi connectivity index (χ1n) is 6.56. The number of hydrogen-bond donors (Lipinski definition) is 1. The maximum absolute atomic E-state index is 13.2. The molecular weight excluding hydrogens is 303 g/mol. The molecule has 2 rings (SSSR count). The predicted octanol–water partition coefficient (Wildman–Crippen LogP) is 3.39. The van der Waals surface area contributed by atoms with E-state index in [9.17, 15) is 19.3 Å². The fraction of sp³-hybridized carbons (Fsp3) is 0.0625. The summed E-state index contributed by atoms with van der Waals surface area (Å²) in [6.45, 7) is 0. The summed E-state index contributed by atoms with van der Waals surface area (Å²) in [5.74, 6) is -0.742. The van der Waals surface area contributed by atoms with Gasteiger partial charge in [0, 0.05) is 17.8 Å². The van der Waals surface area contributed by atoms with Gasteiger partial charge in [-0.15, -0.1) is 0 Å². The third-order valence-corrected chi connectivity index (χ3v) is 2.95. The lowest BCUT2D eigenvalue weighted by Crippen LogP contribution is -2.08. The van der Waals surface area contributed by atoms with Crippen LogP contribution in [-0.4, -0.2) is 17.9 Å². The van der Waals surface area contributed by atoms with E-state index in [1.165, 1.54) is 12.1 Å². The first kappa shape index (κ1) is 16.2. The molecule has 2 aromatic carbocycles. The van der Waals surface area contributed by atoms with Gasteiger partial charge < -0.3 is 10.1 Å². The number of rotatable bonds is 5. The number of halogens is 1. The molecule has 1 N–H and O–H groups in total. The molecule has 6 nitrogen and oxygen atoms in total. The second-order valence-electron chi connectivity index (χ2n) is 4.52. The minimum atomic E-state index is -0.957. The van der Waals surface area contributed by atoms with Crippen LogP contribution in [-0.2, 0) is 4.79 Å². The first-order chi connectivity index (χ1) is 11.0. The van der Waals surface area contributed by atoms with Crippen molar-refractivity contribution in [2.45, 2.75) is 0 Å². The molecule has 0 saturated heterocycles. The molecule has 23 heavy (non-hydrogen) atoms. The Balaban J connectivity index is 2.05. The number of nitrogens with zero attached hydrogens (tertiary/aromatic N) is 1. The van der Waals surface area contributed by atoms with E-state index < -0.39 is 22.3 Å². The minimum Gasteiger partial charge on any atom is -0.497 e. The number of methoxy groups -OCH3 is 1. The van der Waals surface area contributed by atoms with Crippen molar-refractivity contribution in [3.63, 3.8) is 0 Å². The molecule has 0 spiro atoms. The van der Waals surface area contributed by atoms with Crippen LogP contribution in [0, 0.1) is 15.9 Å². The maximum Gasteiger partial charge on any atom is 0.306 e. The molecule has 0 aliphatic heterocycles. The molecule has 0 heterocycles. The topological polar surface area (TPSA) is 81.5 Å². The van der Waals surface area contributed by atoms with E-state index in [1.807, 2.05) is 0 Å². The number of benzene rings is 2. The van der Waals surface area contributed by atoms with Gasteiger partial charge in [0.25, 0.3) is 0 Å². The second-order valence-corrected chi connectivity index (χ2v) is 4.52. The molecule has 0 unspecified atom stereocenters. The zero-order valence-electron chi connectivity index (χ0n) is 12.2. The number of ether oxygens (including phenoxy) is 1. The van der Waals surface area contributed by atoms with Crippen molar-refractivity contribution in [3.05, 3.63) is 70.0 Å². The summed E-state index contributed by atoms with van der Waals surface area (Å²) in [7, 11) is 1.56. The summed E-state index contributed by atoms with van der Waals surface area (Å²) in [4.78, 5) is 21.6. The Morgan fingerprint density at radius 2 is 1.96 bits per heavy atom. The van der Waals surface area contributed by atoms with Gasteiger partial charge in [-0.1, -0.05) is 12.1 Å². The summed E-state index contributed by atoms with van der Waals surface area (Å²) in [5.41, 5.74) is 0.232. The highest BCUT2D eigenvalue weighted by molar-refractivity contribution is 6.02. The predicted molar refractivity (Wildman–Crippen MR) is 83.7 cm³/mol. The van der Waals surface area contributed by atoms with Crippen LogP contribution in [0.15, 0.2) is 48.5 Å². The van der Waals surface area contributed by atoms with Crippen LogP contribution in [0.4, 0.5) is 15.8 Å². The van der Waals surface area contributed by atoms with Crippen LogP contribution >= 0.6 is 0 Å². The van der Waals surface area contributed by atoms with Gasteiger partial charge in [0.15, 0.2) is 0 Å². The number of nitro groups is 1. The monoisotopic (exact) mass is 316 g/mol. The lowest BCUT2D eigenvalue weighted by Gasteiger charge is -2.03. The molecule has 0 aliphatic rings. The quantitative estimate of drug-likeness (QED) is 0.521. The van der Waals surface area contributed by atoms with Crippen LogP contribution in [0.5, 0.6) is 5.75 Å². The van der Waals surface area contributed by atoms with Crippen molar-refractivity contribution >= 4 is 23.4 Å². The largest absolute Gasteiger partial charge is 0.497 e. The van der Waals surface area contributed by atoms with E-state index in [-0.39, 0.29) is 5.69 Å². The lowest BCUT2D eigenvalue weighted by atomic mass is 10.2. The van der Waals surface area contributed by atoms with Crippen molar-refractivity contribution in [1.82, 2.24) is 0 Å². The number of carbonyl (C=O) groups is 1. The summed E-state index contributed by atoms with van der Waals surface area (Å²) in [6, 6.07) is 10.2. The molecule has 7 heteroatoms. The lowest BCUT2D eigenvalue weighted by molar-refractivity contribution is -0.387. The van der Waals surface area contributed by atoms with Crippen molar-refractivity contribution in [3.8, 4) is 5.75 Å². The van der Waals surface area contributed by atoms with E-state index in [2.05, 4.69) is 5.32 Å². The second kappa shape index (κ2) is 7.17. The van der Waals surface area contributed by atoms with Gasteiger partial charge in [-0.3, -0.25) is 14.9 Å². The Morgan fingerprint density at radius 3 is 2.57 bits per heavy atom. The average Bonchev–Trinajstić information content (AvgIpc) is 2.55. The zero-order valence-corrected chi connectivity index (χ0v) is 12.2. The fourth-order valence-electron chi connectivity index (χ4n) is 1.80.